The van der Waals surface area contributed by atoms with Crippen LogP contribution < -0.4 is 10.5 Å². The predicted molar refractivity (Wildman–Crippen MR) is 120 cm³/mol. The first kappa shape index (κ1) is 19.9. The van der Waals surface area contributed by atoms with Crippen LogP contribution in [0.4, 0.5) is 5.82 Å². The first-order chi connectivity index (χ1) is 14.9. The number of nitrogen functional groups attached to an aromatic ring is 1. The maximum Gasteiger partial charge on any atom is 0.250 e. The second-order valence-electron chi connectivity index (χ2n) is 7.45. The second kappa shape index (κ2) is 7.56. The van der Waals surface area contributed by atoms with Crippen molar-refractivity contribution in [2.24, 2.45) is 0 Å². The van der Waals surface area contributed by atoms with Gasteiger partial charge in [-0.1, -0.05) is 12.1 Å². The minimum Gasteiger partial charge on any atom is -0.383 e. The molecule has 1 aliphatic heterocycles. The molecule has 3 aromatic heterocycles. The number of sulfonamides is 1. The standard InChI is InChI=1S/C21H19N5O3S2/c22-20-16-9-13(1-2-14(16)3-7-24-20)12-26-8-5-17(21(26)27)25-31(28,29)19-10-15-11-23-6-4-18(15)30-19/h1-4,6-7,9-11,17,25H,5,8,12H2,(H2,22,24)/t17-/m0/s1. The normalized spacial score (nSPS) is 17.1. The Balaban J connectivity index is 1.32. The lowest BCUT2D eigenvalue weighted by Gasteiger charge is -2.17. The monoisotopic (exact) mass is 453 g/mol. The Bertz CT molecular complexity index is 1380. The van der Waals surface area contributed by atoms with E-state index < -0.39 is 16.1 Å². The van der Waals surface area contributed by atoms with Gasteiger partial charge in [-0.05, 0) is 41.6 Å². The van der Waals surface area contributed by atoms with Gasteiger partial charge in [-0.25, -0.2) is 13.4 Å². The molecule has 0 bridgehead atoms. The highest BCUT2D eigenvalue weighted by molar-refractivity contribution is 7.91. The molecule has 1 fully saturated rings. The van der Waals surface area contributed by atoms with E-state index in [9.17, 15) is 13.2 Å². The topological polar surface area (TPSA) is 118 Å². The van der Waals surface area contributed by atoms with E-state index in [2.05, 4.69) is 14.7 Å². The van der Waals surface area contributed by atoms with E-state index in [1.165, 1.54) is 0 Å². The number of aromatic nitrogens is 2. The number of benzene rings is 1. The van der Waals surface area contributed by atoms with Crippen LogP contribution in [-0.2, 0) is 21.4 Å². The largest absolute Gasteiger partial charge is 0.383 e. The molecule has 1 aromatic carbocycles. The SMILES string of the molecule is Nc1nccc2ccc(CN3CC[C@H](NS(=O)(=O)c4cc5cnccc5s4)C3=O)cc12. The van der Waals surface area contributed by atoms with Gasteiger partial charge in [-0.2, -0.15) is 4.72 Å². The molecule has 0 aliphatic carbocycles. The van der Waals surface area contributed by atoms with Crippen LogP contribution in [0.25, 0.3) is 20.9 Å². The number of nitrogens with two attached hydrogens (primary N) is 1. The number of thiophene rings is 1. The van der Waals surface area contributed by atoms with Crippen molar-refractivity contribution in [1.82, 2.24) is 19.6 Å². The molecular weight excluding hydrogens is 434 g/mol. The molecule has 0 unspecified atom stereocenters. The average molecular weight is 454 g/mol. The van der Waals surface area contributed by atoms with Crippen molar-refractivity contribution in [3.05, 3.63) is 60.6 Å². The molecule has 8 nitrogen and oxygen atoms in total. The number of carbonyl (C=O) groups is 1. The Morgan fingerprint density at radius 1 is 1.16 bits per heavy atom. The van der Waals surface area contributed by atoms with E-state index in [1.807, 2.05) is 24.3 Å². The molecule has 4 aromatic rings. The molecule has 0 saturated carbocycles. The summed E-state index contributed by atoms with van der Waals surface area (Å²) in [5.74, 6) is 0.210. The minimum atomic E-state index is -3.80. The third kappa shape index (κ3) is 3.73. The smallest absolute Gasteiger partial charge is 0.250 e. The van der Waals surface area contributed by atoms with Crippen molar-refractivity contribution in [2.75, 3.05) is 12.3 Å². The molecule has 10 heteroatoms. The van der Waals surface area contributed by atoms with Gasteiger partial charge < -0.3 is 10.6 Å². The van der Waals surface area contributed by atoms with E-state index in [0.717, 1.165) is 37.8 Å². The molecule has 1 saturated heterocycles. The third-order valence-electron chi connectivity index (χ3n) is 5.39. The summed E-state index contributed by atoms with van der Waals surface area (Å²) in [7, 11) is -3.80. The Hall–Kier alpha value is -3.08. The van der Waals surface area contributed by atoms with Crippen molar-refractivity contribution in [2.45, 2.75) is 23.2 Å². The summed E-state index contributed by atoms with van der Waals surface area (Å²) in [5.41, 5.74) is 6.88. The van der Waals surface area contributed by atoms with Gasteiger partial charge in [-0.3, -0.25) is 9.78 Å². The van der Waals surface area contributed by atoms with Crippen LogP contribution in [0, 0.1) is 0 Å². The molecule has 5 rings (SSSR count). The number of anilines is 1. The van der Waals surface area contributed by atoms with Crippen LogP contribution in [0.1, 0.15) is 12.0 Å². The number of hydrogen-bond acceptors (Lipinski definition) is 7. The zero-order valence-corrected chi connectivity index (χ0v) is 18.0. The molecular formula is C21H19N5O3S2. The van der Waals surface area contributed by atoms with E-state index >= 15 is 0 Å². The van der Waals surface area contributed by atoms with Crippen molar-refractivity contribution in [3.63, 3.8) is 0 Å². The summed E-state index contributed by atoms with van der Waals surface area (Å²) in [4.78, 5) is 22.7. The van der Waals surface area contributed by atoms with Crippen molar-refractivity contribution in [3.8, 4) is 0 Å². The van der Waals surface area contributed by atoms with Gasteiger partial charge in [0.05, 0.1) is 0 Å². The predicted octanol–water partition coefficient (Wildman–Crippen LogP) is 2.51. The molecule has 1 atom stereocenters. The van der Waals surface area contributed by atoms with E-state index in [1.54, 1.807) is 35.6 Å². The molecule has 31 heavy (non-hydrogen) atoms. The Morgan fingerprint density at radius 2 is 2.03 bits per heavy atom. The quantitative estimate of drug-likeness (QED) is 0.479. The lowest BCUT2D eigenvalue weighted by atomic mass is 10.1. The number of nitrogens with one attached hydrogen (secondary N) is 1. The van der Waals surface area contributed by atoms with Gasteiger partial charge in [0.25, 0.3) is 10.0 Å². The number of hydrogen-bond donors (Lipinski definition) is 2. The highest BCUT2D eigenvalue weighted by Crippen LogP contribution is 2.29. The fourth-order valence-corrected chi connectivity index (χ4v) is 6.40. The average Bonchev–Trinajstić information content (AvgIpc) is 3.34. The van der Waals surface area contributed by atoms with Crippen LogP contribution in [0.15, 0.2) is 59.2 Å². The minimum absolute atomic E-state index is 0.180. The Labute approximate surface area is 182 Å². The van der Waals surface area contributed by atoms with Gasteiger partial charge in [-0.15, -0.1) is 11.3 Å². The van der Waals surface area contributed by atoms with Crippen LogP contribution in [0.5, 0.6) is 0 Å². The fourth-order valence-electron chi connectivity index (χ4n) is 3.80. The van der Waals surface area contributed by atoms with Gasteiger partial charge in [0.15, 0.2) is 0 Å². The lowest BCUT2D eigenvalue weighted by molar-refractivity contribution is -0.129. The van der Waals surface area contributed by atoms with Crippen LogP contribution in [0.2, 0.25) is 0 Å². The summed E-state index contributed by atoms with van der Waals surface area (Å²) in [6, 6.07) is 10.3. The molecule has 158 valence electrons. The first-order valence-electron chi connectivity index (χ1n) is 9.68. The number of nitrogens with zero attached hydrogens (tertiary/aromatic N) is 3. The van der Waals surface area contributed by atoms with Crippen LogP contribution in [0.3, 0.4) is 0 Å². The van der Waals surface area contributed by atoms with Gasteiger partial charge in [0.1, 0.15) is 16.1 Å². The van der Waals surface area contributed by atoms with Gasteiger partial charge >= 0.3 is 0 Å². The summed E-state index contributed by atoms with van der Waals surface area (Å²) < 4.78 is 29.3. The lowest BCUT2D eigenvalue weighted by Crippen LogP contribution is -2.41. The zero-order chi connectivity index (χ0) is 21.6. The fraction of sp³-hybridized carbons (Fsp3) is 0.190. The van der Waals surface area contributed by atoms with Crippen LogP contribution in [-0.4, -0.2) is 41.8 Å². The van der Waals surface area contributed by atoms with Gasteiger partial charge in [0.2, 0.25) is 5.91 Å². The molecule has 0 radical (unpaired) electrons. The van der Waals surface area contributed by atoms with Crippen LogP contribution >= 0.6 is 11.3 Å². The first-order valence-corrected chi connectivity index (χ1v) is 12.0. The number of pyridine rings is 2. The summed E-state index contributed by atoms with van der Waals surface area (Å²) in [5, 5.41) is 2.58. The zero-order valence-electron chi connectivity index (χ0n) is 16.4. The number of carbonyl (C=O) groups excluding carboxylic acids is 1. The Kier molecular flexibility index (Phi) is 4.84. The van der Waals surface area contributed by atoms with Gasteiger partial charge in [0, 0.05) is 47.2 Å². The van der Waals surface area contributed by atoms with Crippen molar-refractivity contribution in [1.29, 1.82) is 0 Å². The molecule has 4 heterocycles. The third-order valence-corrected chi connectivity index (χ3v) is 8.45. The van der Waals surface area contributed by atoms with E-state index in [4.69, 9.17) is 5.73 Å². The number of rotatable bonds is 5. The molecule has 1 aliphatic rings. The summed E-state index contributed by atoms with van der Waals surface area (Å²) >= 11 is 1.16. The number of fused-ring (bicyclic) bond motifs is 2. The second-order valence-corrected chi connectivity index (χ2v) is 10.5. The van der Waals surface area contributed by atoms with Crippen molar-refractivity contribution >= 4 is 53.9 Å². The number of likely N-dealkylation sites (tertiary alicyclic amines) is 1. The van der Waals surface area contributed by atoms with Crippen molar-refractivity contribution < 1.29 is 13.2 Å². The highest BCUT2D eigenvalue weighted by Gasteiger charge is 2.35. The Morgan fingerprint density at radius 3 is 2.87 bits per heavy atom. The molecule has 3 N–H and O–H groups in total. The van der Waals surface area contributed by atoms with E-state index in [0.29, 0.717) is 25.3 Å². The number of amides is 1. The maximum atomic E-state index is 12.9. The maximum absolute atomic E-state index is 12.9. The molecule has 1 amide bonds. The molecule has 0 spiro atoms. The van der Waals surface area contributed by atoms with E-state index in [-0.39, 0.29) is 10.1 Å². The summed E-state index contributed by atoms with van der Waals surface area (Å²) in [6.07, 6.45) is 5.32. The summed E-state index contributed by atoms with van der Waals surface area (Å²) in [6.45, 7) is 0.860. The highest BCUT2D eigenvalue weighted by atomic mass is 32.2.